The summed E-state index contributed by atoms with van der Waals surface area (Å²) in [5, 5.41) is 21.6. The molecule has 0 aliphatic rings. The van der Waals surface area contributed by atoms with Crippen LogP contribution in [0.2, 0.25) is 0 Å². The number of aliphatic carboxylic acids is 2. The van der Waals surface area contributed by atoms with E-state index in [0.717, 1.165) is 22.5 Å². The maximum absolute atomic E-state index is 13.1. The Balaban J connectivity index is 1.48. The Labute approximate surface area is 221 Å². The topological polar surface area (TPSA) is 114 Å². The summed E-state index contributed by atoms with van der Waals surface area (Å²) in [5.41, 5.74) is 3.73. The highest BCUT2D eigenvalue weighted by Gasteiger charge is 2.28. The lowest BCUT2D eigenvalue weighted by Gasteiger charge is -2.21. The van der Waals surface area contributed by atoms with Gasteiger partial charge >= 0.3 is 11.9 Å². The van der Waals surface area contributed by atoms with Gasteiger partial charge in [-0.25, -0.2) is 0 Å². The van der Waals surface area contributed by atoms with Crippen LogP contribution in [0.25, 0.3) is 11.4 Å². The van der Waals surface area contributed by atoms with E-state index in [-0.39, 0.29) is 31.7 Å². The molecule has 0 radical (unpaired) electrons. The predicted octanol–water partition coefficient (Wildman–Crippen LogP) is 4.35. The molecule has 1 amide bonds. The smallest absolute Gasteiger partial charge is 0.306 e. The Morgan fingerprint density at radius 1 is 0.684 bits per heavy atom. The average Bonchev–Trinajstić information content (AvgIpc) is 3.63. The fourth-order valence-electron chi connectivity index (χ4n) is 4.53. The number of rotatable bonds is 13. The summed E-state index contributed by atoms with van der Waals surface area (Å²) in [6.07, 6.45) is 8.33. The van der Waals surface area contributed by atoms with Crippen LogP contribution in [-0.4, -0.2) is 43.7 Å². The van der Waals surface area contributed by atoms with E-state index in [2.05, 4.69) is 5.32 Å². The van der Waals surface area contributed by atoms with E-state index in [1.807, 2.05) is 107 Å². The second kappa shape index (κ2) is 12.6. The van der Waals surface area contributed by atoms with E-state index in [4.69, 9.17) is 5.11 Å². The van der Waals surface area contributed by atoms with Gasteiger partial charge in [-0.05, 0) is 78.9 Å². The second-order valence-electron chi connectivity index (χ2n) is 9.32. The highest BCUT2D eigenvalue weighted by Crippen LogP contribution is 2.24. The van der Waals surface area contributed by atoms with Crippen LogP contribution in [0, 0.1) is 11.8 Å². The van der Waals surface area contributed by atoms with Gasteiger partial charge in [-0.15, -0.1) is 0 Å². The van der Waals surface area contributed by atoms with Crippen molar-refractivity contribution < 1.29 is 24.6 Å². The molecule has 2 aromatic heterocycles. The lowest BCUT2D eigenvalue weighted by molar-refractivity contribution is -0.142. The zero-order chi connectivity index (χ0) is 26.9. The van der Waals surface area contributed by atoms with Crippen molar-refractivity contribution in [1.82, 2.24) is 14.5 Å². The van der Waals surface area contributed by atoms with Crippen LogP contribution < -0.4 is 5.32 Å². The Morgan fingerprint density at radius 3 is 1.55 bits per heavy atom. The lowest BCUT2D eigenvalue weighted by atomic mass is 9.85. The first-order chi connectivity index (χ1) is 18.4. The van der Waals surface area contributed by atoms with Crippen LogP contribution in [-0.2, 0) is 27.2 Å². The average molecular weight is 514 g/mol. The first-order valence-electron chi connectivity index (χ1n) is 12.6. The van der Waals surface area contributed by atoms with E-state index < -0.39 is 23.8 Å². The summed E-state index contributed by atoms with van der Waals surface area (Å²) < 4.78 is 3.94. The van der Waals surface area contributed by atoms with E-state index in [1.54, 1.807) is 0 Å². The number of hydrogen-bond acceptors (Lipinski definition) is 3. The highest BCUT2D eigenvalue weighted by molar-refractivity contribution is 5.80. The molecule has 0 bridgehead atoms. The zero-order valence-electron chi connectivity index (χ0n) is 20.9. The number of hydrogen-bond donors (Lipinski definition) is 3. The van der Waals surface area contributed by atoms with Crippen molar-refractivity contribution in [3.63, 3.8) is 0 Å². The minimum absolute atomic E-state index is 0.00414. The van der Waals surface area contributed by atoms with Gasteiger partial charge in [0, 0.05) is 48.6 Å². The van der Waals surface area contributed by atoms with Gasteiger partial charge < -0.3 is 24.7 Å². The molecule has 4 aromatic rings. The molecule has 2 heterocycles. The summed E-state index contributed by atoms with van der Waals surface area (Å²) in [4.78, 5) is 36.2. The van der Waals surface area contributed by atoms with Gasteiger partial charge in [0.25, 0.3) is 0 Å². The van der Waals surface area contributed by atoms with Crippen LogP contribution in [0.3, 0.4) is 0 Å². The van der Waals surface area contributed by atoms with Crippen molar-refractivity contribution in [2.75, 3.05) is 6.54 Å². The molecule has 2 unspecified atom stereocenters. The summed E-state index contributed by atoms with van der Waals surface area (Å²) >= 11 is 0. The van der Waals surface area contributed by atoms with Crippen molar-refractivity contribution in [1.29, 1.82) is 0 Å². The molecule has 0 spiro atoms. The van der Waals surface area contributed by atoms with Gasteiger partial charge in [-0.2, -0.15) is 0 Å². The van der Waals surface area contributed by atoms with Gasteiger partial charge in [0.15, 0.2) is 0 Å². The van der Waals surface area contributed by atoms with Crippen molar-refractivity contribution >= 4 is 17.8 Å². The maximum atomic E-state index is 13.1. The number of carboxylic acids is 2. The van der Waals surface area contributed by atoms with Crippen LogP contribution in [0.15, 0.2) is 97.6 Å². The van der Waals surface area contributed by atoms with E-state index >= 15 is 0 Å². The molecule has 38 heavy (non-hydrogen) atoms. The van der Waals surface area contributed by atoms with Crippen molar-refractivity contribution in [3.05, 3.63) is 109 Å². The first-order valence-corrected chi connectivity index (χ1v) is 12.6. The number of carbonyl (C=O) groups is 3. The summed E-state index contributed by atoms with van der Waals surface area (Å²) in [7, 11) is 0. The molecule has 0 saturated carbocycles. The SMILES string of the molecule is O=C(O)CCNC(=O)C(Cc1ccc(-n2cccc2)cc1)CC(Cc1ccc(-n2cccc2)cc1)C(=O)O. The number of carboxylic acid groups (broad SMARTS) is 2. The van der Waals surface area contributed by atoms with Gasteiger partial charge in [-0.3, -0.25) is 14.4 Å². The fourth-order valence-corrected chi connectivity index (χ4v) is 4.53. The Kier molecular flexibility index (Phi) is 8.77. The third-order valence-electron chi connectivity index (χ3n) is 6.57. The Hall–Kier alpha value is -4.59. The van der Waals surface area contributed by atoms with E-state index in [1.165, 1.54) is 0 Å². The summed E-state index contributed by atoms with van der Waals surface area (Å²) in [6.45, 7) is -0.00414. The second-order valence-corrected chi connectivity index (χ2v) is 9.32. The fraction of sp³-hybridized carbons (Fsp3) is 0.233. The molecule has 2 aromatic carbocycles. The normalized spacial score (nSPS) is 12.5. The van der Waals surface area contributed by atoms with Gasteiger partial charge in [0.05, 0.1) is 12.3 Å². The van der Waals surface area contributed by atoms with Crippen LogP contribution in [0.1, 0.15) is 24.0 Å². The largest absolute Gasteiger partial charge is 0.481 e. The number of nitrogens with one attached hydrogen (secondary N) is 1. The molecule has 0 fully saturated rings. The van der Waals surface area contributed by atoms with Gasteiger partial charge in [-0.1, -0.05) is 24.3 Å². The molecule has 3 N–H and O–H groups in total. The van der Waals surface area contributed by atoms with E-state index in [0.29, 0.717) is 6.42 Å². The standard InChI is InChI=1S/C30H31N3O5/c34-28(35)13-14-31-29(36)24(19-22-5-9-26(10-6-22)32-15-1-2-16-32)21-25(30(37)38)20-23-7-11-27(12-8-23)33-17-3-4-18-33/h1-12,15-18,24-25H,13-14,19-21H2,(H,31,36)(H,34,35)(H,37,38). The minimum atomic E-state index is -1.01. The van der Waals surface area contributed by atoms with Gasteiger partial charge in [0.2, 0.25) is 5.91 Å². The molecule has 8 nitrogen and oxygen atoms in total. The van der Waals surface area contributed by atoms with E-state index in [9.17, 15) is 19.5 Å². The molecule has 196 valence electrons. The number of carbonyl (C=O) groups excluding carboxylic acids is 1. The lowest BCUT2D eigenvalue weighted by Crippen LogP contribution is -2.36. The van der Waals surface area contributed by atoms with Crippen LogP contribution >= 0.6 is 0 Å². The molecular formula is C30H31N3O5. The highest BCUT2D eigenvalue weighted by atomic mass is 16.4. The molecular weight excluding hydrogens is 482 g/mol. The van der Waals surface area contributed by atoms with Crippen LogP contribution in [0.5, 0.6) is 0 Å². The molecule has 0 aliphatic carbocycles. The van der Waals surface area contributed by atoms with Gasteiger partial charge in [0.1, 0.15) is 0 Å². The molecule has 0 saturated heterocycles. The molecule has 0 aliphatic heterocycles. The predicted molar refractivity (Wildman–Crippen MR) is 143 cm³/mol. The number of nitrogens with zero attached hydrogens (tertiary/aromatic N) is 2. The number of amides is 1. The third-order valence-corrected chi connectivity index (χ3v) is 6.57. The van der Waals surface area contributed by atoms with Crippen molar-refractivity contribution in [2.24, 2.45) is 11.8 Å². The third kappa shape index (κ3) is 7.22. The summed E-state index contributed by atoms with van der Waals surface area (Å²) in [5.74, 6) is -3.71. The minimum Gasteiger partial charge on any atom is -0.481 e. The summed E-state index contributed by atoms with van der Waals surface area (Å²) in [6, 6.07) is 23.2. The molecule has 2 atom stereocenters. The Morgan fingerprint density at radius 2 is 1.13 bits per heavy atom. The quantitative estimate of drug-likeness (QED) is 0.246. The first kappa shape index (κ1) is 26.5. The monoisotopic (exact) mass is 513 g/mol. The maximum Gasteiger partial charge on any atom is 0.306 e. The Bertz CT molecular complexity index is 1330. The number of benzene rings is 2. The zero-order valence-corrected chi connectivity index (χ0v) is 20.9. The van der Waals surface area contributed by atoms with Crippen molar-refractivity contribution in [2.45, 2.75) is 25.7 Å². The van der Waals surface area contributed by atoms with Crippen LogP contribution in [0.4, 0.5) is 0 Å². The number of aromatic nitrogens is 2. The molecule has 8 heteroatoms. The molecule has 4 rings (SSSR count). The van der Waals surface area contributed by atoms with Crippen molar-refractivity contribution in [3.8, 4) is 11.4 Å².